The van der Waals surface area contributed by atoms with Gasteiger partial charge in [-0.3, -0.25) is 4.90 Å². The molecule has 142 valence electrons. The molecule has 6 nitrogen and oxygen atoms in total. The van der Waals surface area contributed by atoms with Crippen LogP contribution in [0.3, 0.4) is 0 Å². The molecule has 1 aromatic heterocycles. The lowest BCUT2D eigenvalue weighted by atomic mass is 10.2. The van der Waals surface area contributed by atoms with Crippen molar-refractivity contribution in [3.05, 3.63) is 51.9 Å². The van der Waals surface area contributed by atoms with Crippen LogP contribution in [0.2, 0.25) is 10.0 Å². The number of halogens is 2. The molecular formula is C17H23Cl2N5OS. The van der Waals surface area contributed by atoms with E-state index in [4.69, 9.17) is 33.4 Å². The number of aryl methyl sites for hydroxylation is 1. The van der Waals surface area contributed by atoms with Gasteiger partial charge < -0.3 is 20.5 Å². The van der Waals surface area contributed by atoms with E-state index < -0.39 is 0 Å². The number of nitrogens with one attached hydrogen (secondary N) is 1. The lowest BCUT2D eigenvalue weighted by Crippen LogP contribution is -2.45. The Hall–Kier alpha value is -1.51. The van der Waals surface area contributed by atoms with Crippen LogP contribution in [0.5, 0.6) is 0 Å². The largest absolute Gasteiger partial charge is 0.465 e. The molecule has 0 saturated carbocycles. The highest BCUT2D eigenvalue weighted by molar-refractivity contribution is 7.80. The van der Waals surface area contributed by atoms with E-state index in [1.807, 2.05) is 30.5 Å². The fourth-order valence-corrected chi connectivity index (χ4v) is 3.19. The van der Waals surface area contributed by atoms with Gasteiger partial charge in [-0.1, -0.05) is 23.2 Å². The minimum absolute atomic E-state index is 0.116. The van der Waals surface area contributed by atoms with Gasteiger partial charge in [0.05, 0.1) is 6.54 Å². The van der Waals surface area contributed by atoms with Gasteiger partial charge in [0.25, 0.3) is 0 Å². The number of furan rings is 1. The lowest BCUT2D eigenvalue weighted by molar-refractivity contribution is 0.229. The van der Waals surface area contributed by atoms with Gasteiger partial charge in [-0.15, -0.1) is 0 Å². The first-order valence-electron chi connectivity index (χ1n) is 8.12. The van der Waals surface area contributed by atoms with Gasteiger partial charge in [-0.25, -0.2) is 5.84 Å². The fraction of sp³-hybridized carbons (Fsp3) is 0.353. The van der Waals surface area contributed by atoms with E-state index in [-0.39, 0.29) is 5.11 Å². The molecule has 9 heteroatoms. The third-order valence-electron chi connectivity index (χ3n) is 3.90. The number of rotatable bonds is 3. The summed E-state index contributed by atoms with van der Waals surface area (Å²) < 4.78 is 5.64. The van der Waals surface area contributed by atoms with E-state index in [9.17, 15) is 0 Å². The Balaban J connectivity index is 0.000000431. The monoisotopic (exact) mass is 415 g/mol. The molecule has 0 spiro atoms. The smallest absolute Gasteiger partial charge is 0.177 e. The van der Waals surface area contributed by atoms with Crippen LogP contribution in [0.4, 0.5) is 5.69 Å². The SMILES string of the molecule is Cc1ccc(CN2CCN(c3cc(Cl)cc(Cl)c3)CC2)o1.NNC(N)=S. The molecular weight excluding hydrogens is 393 g/mol. The van der Waals surface area contributed by atoms with Crippen LogP contribution in [0, 0.1) is 6.92 Å². The molecule has 1 fully saturated rings. The zero-order chi connectivity index (χ0) is 19.1. The van der Waals surface area contributed by atoms with Crippen molar-refractivity contribution in [2.75, 3.05) is 31.1 Å². The minimum Gasteiger partial charge on any atom is -0.465 e. The average Bonchev–Trinajstić information content (AvgIpc) is 3.00. The van der Waals surface area contributed by atoms with Crippen molar-refractivity contribution < 1.29 is 4.42 Å². The molecule has 1 aliphatic heterocycles. The van der Waals surface area contributed by atoms with E-state index in [0.29, 0.717) is 10.0 Å². The Kier molecular flexibility index (Phi) is 7.99. The second-order valence-corrected chi connectivity index (χ2v) is 7.22. The van der Waals surface area contributed by atoms with Gasteiger partial charge in [0.15, 0.2) is 5.11 Å². The van der Waals surface area contributed by atoms with Crippen molar-refractivity contribution in [3.63, 3.8) is 0 Å². The van der Waals surface area contributed by atoms with Crippen molar-refractivity contribution in [2.45, 2.75) is 13.5 Å². The van der Waals surface area contributed by atoms with Crippen LogP contribution in [0.15, 0.2) is 34.7 Å². The molecule has 1 aromatic carbocycles. The molecule has 2 aromatic rings. The molecule has 0 aliphatic carbocycles. The number of nitrogens with two attached hydrogens (primary N) is 2. The molecule has 5 N–H and O–H groups in total. The van der Waals surface area contributed by atoms with Gasteiger partial charge in [-0.2, -0.15) is 0 Å². The summed E-state index contributed by atoms with van der Waals surface area (Å²) in [6.07, 6.45) is 0. The third-order valence-corrected chi connectivity index (χ3v) is 4.46. The molecule has 0 unspecified atom stereocenters. The first kappa shape index (κ1) is 20.8. The summed E-state index contributed by atoms with van der Waals surface area (Å²) in [4.78, 5) is 4.72. The summed E-state index contributed by atoms with van der Waals surface area (Å²) in [6, 6.07) is 9.78. The fourth-order valence-electron chi connectivity index (χ4n) is 2.68. The Bertz CT molecular complexity index is 711. The summed E-state index contributed by atoms with van der Waals surface area (Å²) in [5.41, 5.74) is 7.92. The first-order chi connectivity index (χ1) is 12.4. The molecule has 3 rings (SSSR count). The molecule has 26 heavy (non-hydrogen) atoms. The van der Waals surface area contributed by atoms with Gasteiger partial charge in [0.2, 0.25) is 0 Å². The lowest BCUT2D eigenvalue weighted by Gasteiger charge is -2.35. The predicted octanol–water partition coefficient (Wildman–Crippen LogP) is 2.91. The molecule has 0 bridgehead atoms. The van der Waals surface area contributed by atoms with Gasteiger partial charge in [-0.05, 0) is 49.5 Å². The van der Waals surface area contributed by atoms with Crippen LogP contribution in [-0.2, 0) is 6.54 Å². The van der Waals surface area contributed by atoms with Gasteiger partial charge in [0, 0.05) is 41.9 Å². The number of benzene rings is 1. The third kappa shape index (κ3) is 6.66. The Morgan fingerprint density at radius 1 is 1.15 bits per heavy atom. The van der Waals surface area contributed by atoms with Crippen molar-refractivity contribution in [2.24, 2.45) is 11.6 Å². The van der Waals surface area contributed by atoms with Crippen LogP contribution in [0.25, 0.3) is 0 Å². The second-order valence-electron chi connectivity index (χ2n) is 5.91. The van der Waals surface area contributed by atoms with Crippen LogP contribution in [0.1, 0.15) is 11.5 Å². The van der Waals surface area contributed by atoms with E-state index in [1.165, 1.54) is 0 Å². The first-order valence-corrected chi connectivity index (χ1v) is 9.28. The highest BCUT2D eigenvalue weighted by atomic mass is 35.5. The van der Waals surface area contributed by atoms with Gasteiger partial charge >= 0.3 is 0 Å². The van der Waals surface area contributed by atoms with E-state index in [1.54, 1.807) is 6.07 Å². The van der Waals surface area contributed by atoms with Crippen molar-refractivity contribution >= 4 is 46.2 Å². The topological polar surface area (TPSA) is 83.7 Å². The number of thiocarbonyl (C=S) groups is 1. The van der Waals surface area contributed by atoms with Crippen molar-refractivity contribution in [1.82, 2.24) is 10.3 Å². The maximum Gasteiger partial charge on any atom is 0.177 e. The summed E-state index contributed by atoms with van der Waals surface area (Å²) in [6.45, 7) is 6.79. The second kappa shape index (κ2) is 9.99. The normalized spacial score (nSPS) is 14.5. The predicted molar refractivity (Wildman–Crippen MR) is 112 cm³/mol. The highest BCUT2D eigenvalue weighted by Crippen LogP contribution is 2.26. The minimum atomic E-state index is 0.116. The molecule has 0 atom stereocenters. The number of hydrogen-bond donors (Lipinski definition) is 3. The van der Waals surface area contributed by atoms with Gasteiger partial charge in [0.1, 0.15) is 11.5 Å². The van der Waals surface area contributed by atoms with Crippen LogP contribution < -0.4 is 21.9 Å². The summed E-state index contributed by atoms with van der Waals surface area (Å²) in [5, 5.41) is 1.49. The number of hydrogen-bond acceptors (Lipinski definition) is 5. The maximum atomic E-state index is 6.07. The van der Waals surface area contributed by atoms with E-state index >= 15 is 0 Å². The molecule has 0 radical (unpaired) electrons. The number of nitrogens with zero attached hydrogens (tertiary/aromatic N) is 2. The standard InChI is InChI=1S/C16H18Cl2N2O.CH5N3S/c1-12-2-3-16(21-12)11-19-4-6-20(7-5-19)15-9-13(17)8-14(18)10-15;2-1(5)4-3/h2-3,8-10H,4-7,11H2,1H3;3H2,(H3,2,4,5). The van der Waals surface area contributed by atoms with E-state index in [0.717, 1.165) is 49.9 Å². The maximum absolute atomic E-state index is 6.07. The van der Waals surface area contributed by atoms with Crippen molar-refractivity contribution in [1.29, 1.82) is 0 Å². The Morgan fingerprint density at radius 3 is 2.19 bits per heavy atom. The zero-order valence-corrected chi connectivity index (χ0v) is 16.9. The van der Waals surface area contributed by atoms with E-state index in [2.05, 4.69) is 33.9 Å². The summed E-state index contributed by atoms with van der Waals surface area (Å²) in [7, 11) is 0. The number of anilines is 1. The van der Waals surface area contributed by atoms with Crippen LogP contribution >= 0.6 is 35.4 Å². The highest BCUT2D eigenvalue weighted by Gasteiger charge is 2.18. The number of hydrazine groups is 1. The molecule has 1 aliphatic rings. The Morgan fingerprint density at radius 2 is 1.73 bits per heavy atom. The summed E-state index contributed by atoms with van der Waals surface area (Å²) >= 11 is 16.4. The quantitative estimate of drug-likeness (QED) is 0.403. The van der Waals surface area contributed by atoms with Crippen LogP contribution in [-0.4, -0.2) is 36.2 Å². The average molecular weight is 416 g/mol. The molecule has 0 amide bonds. The van der Waals surface area contributed by atoms with Crippen molar-refractivity contribution in [3.8, 4) is 0 Å². The summed E-state index contributed by atoms with van der Waals surface area (Å²) in [5.74, 6) is 6.66. The Labute approximate surface area is 169 Å². The zero-order valence-electron chi connectivity index (χ0n) is 14.5. The molecule has 2 heterocycles. The molecule has 1 saturated heterocycles. The number of piperazine rings is 1.